The zero-order valence-electron chi connectivity index (χ0n) is 14.4. The molecule has 1 aliphatic rings. The molecule has 1 saturated heterocycles. The Hall–Kier alpha value is -2.58. The summed E-state index contributed by atoms with van der Waals surface area (Å²) in [5.41, 5.74) is 0.0844. The zero-order chi connectivity index (χ0) is 17.5. The van der Waals surface area contributed by atoms with E-state index in [1.165, 1.54) is 7.11 Å². The standard InChI is InChI=1S/C15H22N6O3/c1-15(2,3)21-11-10(9-16-21)12(22)18-13(17-11)19-5-7-20(8-6-19)14(23)24-4/h9H,5-8H2,1-4H3,(H,17,18,22). The van der Waals surface area contributed by atoms with E-state index >= 15 is 0 Å². The first-order valence-electron chi connectivity index (χ1n) is 7.87. The number of aromatic amines is 1. The molecule has 1 aliphatic heterocycles. The number of hydrogen-bond donors (Lipinski definition) is 1. The number of aromatic nitrogens is 4. The Bertz CT molecular complexity index is 811. The fourth-order valence-corrected chi connectivity index (χ4v) is 2.78. The highest BCUT2D eigenvalue weighted by Gasteiger charge is 2.25. The summed E-state index contributed by atoms with van der Waals surface area (Å²) < 4.78 is 6.49. The Labute approximate surface area is 139 Å². The van der Waals surface area contributed by atoms with Gasteiger partial charge in [0, 0.05) is 26.2 Å². The van der Waals surface area contributed by atoms with Crippen LogP contribution in [0.25, 0.3) is 11.0 Å². The molecule has 3 heterocycles. The van der Waals surface area contributed by atoms with E-state index in [0.717, 1.165) is 0 Å². The van der Waals surface area contributed by atoms with E-state index in [0.29, 0.717) is 43.2 Å². The molecule has 1 N–H and O–H groups in total. The first kappa shape index (κ1) is 16.3. The van der Waals surface area contributed by atoms with Crippen molar-refractivity contribution in [3.05, 3.63) is 16.6 Å². The van der Waals surface area contributed by atoms with Gasteiger partial charge >= 0.3 is 6.09 Å². The van der Waals surface area contributed by atoms with Crippen molar-refractivity contribution in [2.75, 3.05) is 38.2 Å². The summed E-state index contributed by atoms with van der Waals surface area (Å²) in [6.07, 6.45) is 1.21. The molecule has 2 aromatic heterocycles. The fourth-order valence-electron chi connectivity index (χ4n) is 2.78. The normalized spacial score (nSPS) is 15.8. The van der Waals surface area contributed by atoms with E-state index in [9.17, 15) is 9.59 Å². The number of carbonyl (C=O) groups is 1. The van der Waals surface area contributed by atoms with Gasteiger partial charge in [-0.05, 0) is 20.8 Å². The Kier molecular flexibility index (Phi) is 3.94. The van der Waals surface area contributed by atoms with Gasteiger partial charge in [-0.15, -0.1) is 0 Å². The van der Waals surface area contributed by atoms with Gasteiger partial charge in [-0.2, -0.15) is 10.1 Å². The summed E-state index contributed by atoms with van der Waals surface area (Å²) in [7, 11) is 1.37. The number of rotatable bonds is 1. The monoisotopic (exact) mass is 334 g/mol. The van der Waals surface area contributed by atoms with Crippen LogP contribution in [0.2, 0.25) is 0 Å². The van der Waals surface area contributed by atoms with Gasteiger partial charge in [-0.3, -0.25) is 9.78 Å². The van der Waals surface area contributed by atoms with E-state index in [-0.39, 0.29) is 17.2 Å². The second-order valence-electron chi connectivity index (χ2n) is 6.80. The maximum absolute atomic E-state index is 12.3. The van der Waals surface area contributed by atoms with Crippen molar-refractivity contribution in [2.24, 2.45) is 0 Å². The van der Waals surface area contributed by atoms with Crippen molar-refractivity contribution in [3.63, 3.8) is 0 Å². The van der Waals surface area contributed by atoms with Crippen LogP contribution >= 0.6 is 0 Å². The summed E-state index contributed by atoms with van der Waals surface area (Å²) in [4.78, 5) is 34.9. The van der Waals surface area contributed by atoms with Crippen LogP contribution in [0.1, 0.15) is 20.8 Å². The van der Waals surface area contributed by atoms with E-state index in [2.05, 4.69) is 15.1 Å². The molecule has 130 valence electrons. The van der Waals surface area contributed by atoms with Crippen LogP contribution in [0.4, 0.5) is 10.7 Å². The summed E-state index contributed by atoms with van der Waals surface area (Å²) in [5.74, 6) is 0.503. The number of fused-ring (bicyclic) bond motifs is 1. The van der Waals surface area contributed by atoms with E-state index in [1.54, 1.807) is 15.8 Å². The summed E-state index contributed by atoms with van der Waals surface area (Å²) in [6, 6.07) is 0. The Morgan fingerprint density at radius 2 is 1.92 bits per heavy atom. The maximum Gasteiger partial charge on any atom is 0.409 e. The predicted octanol–water partition coefficient (Wildman–Crippen LogP) is 0.763. The average molecular weight is 334 g/mol. The smallest absolute Gasteiger partial charge is 0.409 e. The van der Waals surface area contributed by atoms with Crippen molar-refractivity contribution in [1.29, 1.82) is 0 Å². The van der Waals surface area contributed by atoms with Crippen molar-refractivity contribution in [3.8, 4) is 0 Å². The maximum atomic E-state index is 12.3. The van der Waals surface area contributed by atoms with Crippen LogP contribution in [0.5, 0.6) is 0 Å². The lowest BCUT2D eigenvalue weighted by atomic mass is 10.1. The van der Waals surface area contributed by atoms with Gasteiger partial charge in [0.15, 0.2) is 5.65 Å². The molecule has 0 radical (unpaired) electrons. The molecule has 0 aromatic carbocycles. The fraction of sp³-hybridized carbons (Fsp3) is 0.600. The number of H-pyrrole nitrogens is 1. The SMILES string of the molecule is COC(=O)N1CCN(c2nc3c(cnn3C(C)(C)C)c(=O)[nH]2)CC1. The summed E-state index contributed by atoms with van der Waals surface area (Å²) in [6.45, 7) is 8.23. The third-order valence-corrected chi connectivity index (χ3v) is 4.07. The Balaban J connectivity index is 1.91. The number of carbonyl (C=O) groups excluding carboxylic acids is 1. The third-order valence-electron chi connectivity index (χ3n) is 4.07. The van der Waals surface area contributed by atoms with Gasteiger partial charge in [0.25, 0.3) is 5.56 Å². The highest BCUT2D eigenvalue weighted by molar-refractivity contribution is 5.75. The average Bonchev–Trinajstić information content (AvgIpc) is 2.99. The number of piperazine rings is 1. The minimum atomic E-state index is -0.336. The summed E-state index contributed by atoms with van der Waals surface area (Å²) in [5, 5.41) is 4.78. The largest absolute Gasteiger partial charge is 0.453 e. The number of nitrogens with one attached hydrogen (secondary N) is 1. The number of anilines is 1. The van der Waals surface area contributed by atoms with E-state index in [1.807, 2.05) is 25.7 Å². The lowest BCUT2D eigenvalue weighted by Crippen LogP contribution is -2.49. The number of nitrogens with zero attached hydrogens (tertiary/aromatic N) is 5. The van der Waals surface area contributed by atoms with Gasteiger partial charge in [0.2, 0.25) is 5.95 Å². The van der Waals surface area contributed by atoms with Crippen LogP contribution in [0.3, 0.4) is 0 Å². The van der Waals surface area contributed by atoms with Crippen molar-refractivity contribution >= 4 is 23.1 Å². The number of methoxy groups -OCH3 is 1. The molecule has 0 aliphatic carbocycles. The molecule has 0 saturated carbocycles. The van der Waals surface area contributed by atoms with Crippen molar-refractivity contribution in [1.82, 2.24) is 24.6 Å². The highest BCUT2D eigenvalue weighted by atomic mass is 16.5. The molecule has 2 aromatic rings. The lowest BCUT2D eigenvalue weighted by molar-refractivity contribution is 0.121. The molecule has 9 heteroatoms. The second-order valence-corrected chi connectivity index (χ2v) is 6.80. The quantitative estimate of drug-likeness (QED) is 0.827. The minimum absolute atomic E-state index is 0.208. The van der Waals surface area contributed by atoms with E-state index < -0.39 is 0 Å². The first-order valence-corrected chi connectivity index (χ1v) is 7.87. The van der Waals surface area contributed by atoms with Crippen molar-refractivity contribution < 1.29 is 9.53 Å². The molecule has 0 spiro atoms. The zero-order valence-corrected chi connectivity index (χ0v) is 14.4. The van der Waals surface area contributed by atoms with Crippen LogP contribution < -0.4 is 10.5 Å². The minimum Gasteiger partial charge on any atom is -0.453 e. The number of amides is 1. The van der Waals surface area contributed by atoms with Gasteiger partial charge in [-0.25, -0.2) is 9.48 Å². The van der Waals surface area contributed by atoms with Gasteiger partial charge < -0.3 is 14.5 Å². The van der Waals surface area contributed by atoms with Crippen LogP contribution in [0, 0.1) is 0 Å². The summed E-state index contributed by atoms with van der Waals surface area (Å²) >= 11 is 0. The van der Waals surface area contributed by atoms with Gasteiger partial charge in [-0.1, -0.05) is 0 Å². The number of ether oxygens (including phenoxy) is 1. The molecule has 0 bridgehead atoms. The topological polar surface area (TPSA) is 96.3 Å². The molecular formula is C15H22N6O3. The molecule has 9 nitrogen and oxygen atoms in total. The highest BCUT2D eigenvalue weighted by Crippen LogP contribution is 2.20. The first-order chi connectivity index (χ1) is 11.3. The molecule has 0 unspecified atom stereocenters. The van der Waals surface area contributed by atoms with Crippen LogP contribution in [0.15, 0.2) is 11.0 Å². The van der Waals surface area contributed by atoms with Gasteiger partial charge in [0.1, 0.15) is 5.39 Å². The molecule has 3 rings (SSSR count). The van der Waals surface area contributed by atoms with Crippen molar-refractivity contribution in [2.45, 2.75) is 26.3 Å². The Morgan fingerprint density at radius 1 is 1.25 bits per heavy atom. The lowest BCUT2D eigenvalue weighted by Gasteiger charge is -2.34. The van der Waals surface area contributed by atoms with Crippen LogP contribution in [-0.4, -0.2) is 64.0 Å². The molecule has 0 atom stereocenters. The Morgan fingerprint density at radius 3 is 2.50 bits per heavy atom. The third kappa shape index (κ3) is 2.81. The molecule has 24 heavy (non-hydrogen) atoms. The van der Waals surface area contributed by atoms with E-state index in [4.69, 9.17) is 4.74 Å². The predicted molar refractivity (Wildman–Crippen MR) is 89.3 cm³/mol. The van der Waals surface area contributed by atoms with Gasteiger partial charge in [0.05, 0.1) is 18.8 Å². The molecular weight excluding hydrogens is 312 g/mol. The molecule has 1 fully saturated rings. The number of hydrogen-bond acceptors (Lipinski definition) is 6. The van der Waals surface area contributed by atoms with Crippen LogP contribution in [-0.2, 0) is 10.3 Å². The molecule has 1 amide bonds. The second kappa shape index (κ2) is 5.81.